The fourth-order valence-corrected chi connectivity index (χ4v) is 3.00. The lowest BCUT2D eigenvalue weighted by molar-refractivity contribution is -0.129. The predicted molar refractivity (Wildman–Crippen MR) is 95.8 cm³/mol. The number of hydrogen-bond acceptors (Lipinski definition) is 6. The molecule has 0 radical (unpaired) electrons. The summed E-state index contributed by atoms with van der Waals surface area (Å²) in [5, 5.41) is 5.20. The van der Waals surface area contributed by atoms with Crippen LogP contribution in [0, 0.1) is 5.92 Å². The van der Waals surface area contributed by atoms with E-state index in [0.717, 1.165) is 0 Å². The highest BCUT2D eigenvalue weighted by Crippen LogP contribution is 2.35. The van der Waals surface area contributed by atoms with Crippen LogP contribution in [0.2, 0.25) is 0 Å². The first-order valence-corrected chi connectivity index (χ1v) is 8.82. The highest BCUT2D eigenvalue weighted by atomic mass is 16.6. The summed E-state index contributed by atoms with van der Waals surface area (Å²) in [6.07, 6.45) is 0.103. The average Bonchev–Trinajstić information content (AvgIpc) is 3.07. The molecule has 1 aromatic carbocycles. The van der Waals surface area contributed by atoms with Gasteiger partial charge in [0.25, 0.3) is 0 Å². The molecule has 146 valence electrons. The number of fused-ring (bicyclic) bond motifs is 1. The van der Waals surface area contributed by atoms with E-state index in [2.05, 4.69) is 10.6 Å². The molecule has 1 fully saturated rings. The fraction of sp³-hybridized carbons (Fsp3) is 0.500. The average molecular weight is 377 g/mol. The Morgan fingerprint density at radius 2 is 2.00 bits per heavy atom. The zero-order valence-corrected chi connectivity index (χ0v) is 15.2. The van der Waals surface area contributed by atoms with Gasteiger partial charge in [-0.25, -0.2) is 0 Å². The van der Waals surface area contributed by atoms with E-state index in [9.17, 15) is 14.4 Å². The molecule has 2 aliphatic rings. The molecule has 0 aromatic heterocycles. The van der Waals surface area contributed by atoms with E-state index >= 15 is 0 Å². The molecular formula is C18H23N3O6. The Kier molecular flexibility index (Phi) is 6.12. The summed E-state index contributed by atoms with van der Waals surface area (Å²) in [6.45, 7) is 1.87. The van der Waals surface area contributed by atoms with Gasteiger partial charge in [-0.1, -0.05) is 0 Å². The van der Waals surface area contributed by atoms with Crippen LogP contribution in [-0.2, 0) is 19.1 Å². The zero-order valence-electron chi connectivity index (χ0n) is 15.2. The highest BCUT2D eigenvalue weighted by Gasteiger charge is 2.35. The highest BCUT2D eigenvalue weighted by molar-refractivity contribution is 6.01. The van der Waals surface area contributed by atoms with E-state index in [1.807, 2.05) is 0 Å². The van der Waals surface area contributed by atoms with Crippen LogP contribution in [0.1, 0.15) is 6.42 Å². The summed E-state index contributed by atoms with van der Waals surface area (Å²) in [6, 6.07) is 5.28. The van der Waals surface area contributed by atoms with Crippen LogP contribution in [0.4, 0.5) is 5.69 Å². The minimum atomic E-state index is -0.502. The molecular weight excluding hydrogens is 354 g/mol. The van der Waals surface area contributed by atoms with Gasteiger partial charge in [-0.15, -0.1) is 0 Å². The van der Waals surface area contributed by atoms with Gasteiger partial charge in [0.2, 0.25) is 17.7 Å². The van der Waals surface area contributed by atoms with Crippen molar-refractivity contribution in [3.8, 4) is 11.5 Å². The summed E-state index contributed by atoms with van der Waals surface area (Å²) in [5.74, 6) is -0.0230. The normalized spacial score (nSPS) is 18.3. The standard InChI is InChI=1S/C18H23N3O6/c1-25-5-4-19-16(22)10-20-18(24)12-8-17(23)21(11-12)13-2-3-14-15(9-13)27-7-6-26-14/h2-3,9,12H,4-8,10-11H2,1H3,(H,19,22)(H,20,24)/t12-/m0/s1. The molecule has 1 saturated heterocycles. The van der Waals surface area contributed by atoms with Gasteiger partial charge in [-0.05, 0) is 12.1 Å². The Bertz CT molecular complexity index is 723. The molecule has 2 N–H and O–H groups in total. The number of amides is 3. The summed E-state index contributed by atoms with van der Waals surface area (Å²) in [4.78, 5) is 37.8. The third-order valence-corrected chi connectivity index (χ3v) is 4.38. The van der Waals surface area contributed by atoms with E-state index in [1.54, 1.807) is 30.2 Å². The first-order valence-electron chi connectivity index (χ1n) is 8.82. The summed E-state index contributed by atoms with van der Waals surface area (Å²) < 4.78 is 15.9. The predicted octanol–water partition coefficient (Wildman–Crippen LogP) is -0.310. The van der Waals surface area contributed by atoms with Gasteiger partial charge in [0, 0.05) is 38.4 Å². The van der Waals surface area contributed by atoms with Crippen molar-refractivity contribution in [1.82, 2.24) is 10.6 Å². The maximum absolute atomic E-state index is 12.4. The fourth-order valence-electron chi connectivity index (χ4n) is 3.00. The second kappa shape index (κ2) is 8.72. The SMILES string of the molecule is COCCNC(=O)CNC(=O)[C@H]1CC(=O)N(c2ccc3c(c2)OCCO3)C1. The molecule has 0 aliphatic carbocycles. The summed E-state index contributed by atoms with van der Waals surface area (Å²) >= 11 is 0. The molecule has 0 saturated carbocycles. The van der Waals surface area contributed by atoms with Gasteiger partial charge in [0.05, 0.1) is 19.1 Å². The van der Waals surface area contributed by atoms with Gasteiger partial charge < -0.3 is 29.7 Å². The van der Waals surface area contributed by atoms with Gasteiger partial charge in [-0.2, -0.15) is 0 Å². The van der Waals surface area contributed by atoms with E-state index in [1.165, 1.54) is 0 Å². The number of anilines is 1. The topological polar surface area (TPSA) is 106 Å². The van der Waals surface area contributed by atoms with E-state index in [0.29, 0.717) is 43.6 Å². The Morgan fingerprint density at radius 3 is 2.78 bits per heavy atom. The zero-order chi connectivity index (χ0) is 19.2. The van der Waals surface area contributed by atoms with Crippen molar-refractivity contribution in [1.29, 1.82) is 0 Å². The number of nitrogens with one attached hydrogen (secondary N) is 2. The Morgan fingerprint density at radius 1 is 1.22 bits per heavy atom. The lowest BCUT2D eigenvalue weighted by Gasteiger charge is -2.22. The number of rotatable bonds is 7. The van der Waals surface area contributed by atoms with Gasteiger partial charge in [-0.3, -0.25) is 14.4 Å². The van der Waals surface area contributed by atoms with Crippen molar-refractivity contribution in [2.75, 3.05) is 51.5 Å². The maximum atomic E-state index is 12.4. The first-order chi connectivity index (χ1) is 13.1. The van der Waals surface area contributed by atoms with Crippen LogP contribution in [-0.4, -0.2) is 64.3 Å². The smallest absolute Gasteiger partial charge is 0.239 e. The molecule has 9 nitrogen and oxygen atoms in total. The van der Waals surface area contributed by atoms with Crippen molar-refractivity contribution in [2.24, 2.45) is 5.92 Å². The molecule has 0 spiro atoms. The molecule has 9 heteroatoms. The minimum absolute atomic E-state index is 0.103. The number of ether oxygens (including phenoxy) is 3. The Labute approximate surface area is 156 Å². The Hall–Kier alpha value is -2.81. The van der Waals surface area contributed by atoms with E-state index < -0.39 is 5.92 Å². The molecule has 2 aliphatic heterocycles. The second-order valence-corrected chi connectivity index (χ2v) is 6.29. The molecule has 0 unspecified atom stereocenters. The molecule has 1 aromatic rings. The number of carbonyl (C=O) groups excluding carboxylic acids is 3. The molecule has 3 rings (SSSR count). The Balaban J connectivity index is 1.54. The van der Waals surface area contributed by atoms with Gasteiger partial charge >= 0.3 is 0 Å². The molecule has 3 amide bonds. The molecule has 27 heavy (non-hydrogen) atoms. The third-order valence-electron chi connectivity index (χ3n) is 4.38. The number of carbonyl (C=O) groups is 3. The first kappa shape index (κ1) is 19.0. The van der Waals surface area contributed by atoms with Crippen molar-refractivity contribution in [3.63, 3.8) is 0 Å². The number of nitrogens with zero attached hydrogens (tertiary/aromatic N) is 1. The van der Waals surface area contributed by atoms with Crippen LogP contribution >= 0.6 is 0 Å². The van der Waals surface area contributed by atoms with Crippen molar-refractivity contribution < 1.29 is 28.6 Å². The monoisotopic (exact) mass is 377 g/mol. The lowest BCUT2D eigenvalue weighted by atomic mass is 10.1. The second-order valence-electron chi connectivity index (χ2n) is 6.29. The van der Waals surface area contributed by atoms with Crippen molar-refractivity contribution in [3.05, 3.63) is 18.2 Å². The number of methoxy groups -OCH3 is 1. The van der Waals surface area contributed by atoms with Crippen molar-refractivity contribution in [2.45, 2.75) is 6.42 Å². The van der Waals surface area contributed by atoms with Crippen LogP contribution in [0.5, 0.6) is 11.5 Å². The van der Waals surface area contributed by atoms with Crippen LogP contribution in [0.15, 0.2) is 18.2 Å². The minimum Gasteiger partial charge on any atom is -0.486 e. The van der Waals surface area contributed by atoms with Gasteiger partial charge in [0.15, 0.2) is 11.5 Å². The summed E-state index contributed by atoms with van der Waals surface area (Å²) in [5.41, 5.74) is 0.664. The largest absolute Gasteiger partial charge is 0.486 e. The van der Waals surface area contributed by atoms with Gasteiger partial charge in [0.1, 0.15) is 13.2 Å². The third kappa shape index (κ3) is 4.68. The molecule has 0 bridgehead atoms. The van der Waals surface area contributed by atoms with Crippen LogP contribution < -0.4 is 25.0 Å². The quantitative estimate of drug-likeness (QED) is 0.632. The maximum Gasteiger partial charge on any atom is 0.239 e. The molecule has 2 heterocycles. The number of benzene rings is 1. The van der Waals surface area contributed by atoms with Crippen molar-refractivity contribution >= 4 is 23.4 Å². The van der Waals surface area contributed by atoms with Crippen LogP contribution in [0.25, 0.3) is 0 Å². The number of hydrogen-bond donors (Lipinski definition) is 2. The van der Waals surface area contributed by atoms with E-state index in [-0.39, 0.29) is 37.2 Å². The van der Waals surface area contributed by atoms with Crippen LogP contribution in [0.3, 0.4) is 0 Å². The molecule has 1 atom stereocenters. The lowest BCUT2D eigenvalue weighted by Crippen LogP contribution is -2.41. The van der Waals surface area contributed by atoms with E-state index in [4.69, 9.17) is 14.2 Å². The summed E-state index contributed by atoms with van der Waals surface area (Å²) in [7, 11) is 1.54.